The van der Waals surface area contributed by atoms with Gasteiger partial charge in [-0.15, -0.1) is 0 Å². The third-order valence-electron chi connectivity index (χ3n) is 5.47. The van der Waals surface area contributed by atoms with E-state index in [1.165, 1.54) is 17.0 Å². The van der Waals surface area contributed by atoms with Crippen LogP contribution in [0, 0.1) is 11.6 Å². The molecule has 0 radical (unpaired) electrons. The van der Waals surface area contributed by atoms with E-state index in [2.05, 4.69) is 5.32 Å². The van der Waals surface area contributed by atoms with Gasteiger partial charge in [-0.1, -0.05) is 18.6 Å². The lowest BCUT2D eigenvalue weighted by Crippen LogP contribution is -2.46. The number of nitrogens with zero attached hydrogens (tertiary/aromatic N) is 1. The molecule has 2 amide bonds. The lowest BCUT2D eigenvalue weighted by molar-refractivity contribution is 0.192. The summed E-state index contributed by atoms with van der Waals surface area (Å²) in [5, 5.41) is 2.64. The summed E-state index contributed by atoms with van der Waals surface area (Å²) in [4.78, 5) is 13.9. The van der Waals surface area contributed by atoms with Crippen molar-refractivity contribution in [1.82, 2.24) is 10.2 Å². The second kappa shape index (κ2) is 6.55. The molecule has 2 aliphatic rings. The quantitative estimate of drug-likeness (QED) is 0.868. The maximum absolute atomic E-state index is 13.8. The summed E-state index contributed by atoms with van der Waals surface area (Å²) in [7, 11) is -3.21. The zero-order valence-corrected chi connectivity index (χ0v) is 14.9. The fraction of sp³-hybridized carbons (Fsp3) is 0.588. The molecule has 8 heteroatoms. The van der Waals surface area contributed by atoms with Gasteiger partial charge in [0.25, 0.3) is 0 Å². The van der Waals surface area contributed by atoms with E-state index in [-0.39, 0.29) is 17.9 Å². The predicted octanol–water partition coefficient (Wildman–Crippen LogP) is 2.78. The predicted molar refractivity (Wildman–Crippen MR) is 89.9 cm³/mol. The molecule has 5 nitrogen and oxygen atoms in total. The molecule has 1 N–H and O–H groups in total. The highest BCUT2D eigenvalue weighted by atomic mass is 32.2. The molecule has 0 aromatic heterocycles. The van der Waals surface area contributed by atoms with Crippen LogP contribution in [-0.2, 0) is 9.84 Å². The number of sulfone groups is 1. The molecular formula is C17H22F2N2O3S. The van der Waals surface area contributed by atoms with Crippen molar-refractivity contribution in [3.05, 3.63) is 35.4 Å². The van der Waals surface area contributed by atoms with Crippen LogP contribution in [0.5, 0.6) is 0 Å². The number of carbonyl (C=O) groups excluding carboxylic acids is 1. The Morgan fingerprint density at radius 2 is 1.96 bits per heavy atom. The van der Waals surface area contributed by atoms with Crippen molar-refractivity contribution in [1.29, 1.82) is 0 Å². The van der Waals surface area contributed by atoms with E-state index in [1.807, 2.05) is 0 Å². The van der Waals surface area contributed by atoms with E-state index < -0.39 is 38.3 Å². The van der Waals surface area contributed by atoms with Crippen molar-refractivity contribution in [2.45, 2.75) is 43.4 Å². The molecule has 1 aliphatic heterocycles. The van der Waals surface area contributed by atoms with Crippen LogP contribution in [0.1, 0.15) is 44.2 Å². The summed E-state index contributed by atoms with van der Waals surface area (Å²) in [6.07, 6.45) is 2.66. The second-order valence-corrected chi connectivity index (χ2v) is 9.41. The van der Waals surface area contributed by atoms with Gasteiger partial charge in [0.15, 0.2) is 21.5 Å². The molecule has 1 heterocycles. The van der Waals surface area contributed by atoms with Crippen LogP contribution in [0.25, 0.3) is 0 Å². The summed E-state index contributed by atoms with van der Waals surface area (Å²) >= 11 is 0. The van der Waals surface area contributed by atoms with Gasteiger partial charge in [0.05, 0.1) is 16.5 Å². The van der Waals surface area contributed by atoms with Crippen molar-refractivity contribution in [3.63, 3.8) is 0 Å². The number of halogens is 2. The number of carbonyl (C=O) groups is 1. The lowest BCUT2D eigenvalue weighted by Gasteiger charge is -2.39. The number of urea groups is 1. The number of amides is 2. The van der Waals surface area contributed by atoms with E-state index in [0.29, 0.717) is 25.8 Å². The molecule has 1 saturated heterocycles. The Morgan fingerprint density at radius 3 is 2.60 bits per heavy atom. The molecule has 0 bridgehead atoms. The van der Waals surface area contributed by atoms with Gasteiger partial charge in [-0.05, 0) is 32.3 Å². The maximum Gasteiger partial charge on any atom is 0.317 e. The Morgan fingerprint density at radius 1 is 1.24 bits per heavy atom. The summed E-state index contributed by atoms with van der Waals surface area (Å²) in [6.45, 7) is 2.04. The van der Waals surface area contributed by atoms with E-state index >= 15 is 0 Å². The first-order valence-corrected chi connectivity index (χ1v) is 10.1. The minimum Gasteiger partial charge on any atom is -0.331 e. The van der Waals surface area contributed by atoms with Crippen molar-refractivity contribution in [2.24, 2.45) is 0 Å². The Bertz CT molecular complexity index is 778. The fourth-order valence-electron chi connectivity index (χ4n) is 3.60. The van der Waals surface area contributed by atoms with Gasteiger partial charge in [0.2, 0.25) is 0 Å². The van der Waals surface area contributed by atoms with Crippen molar-refractivity contribution in [3.8, 4) is 0 Å². The van der Waals surface area contributed by atoms with Crippen LogP contribution in [0.4, 0.5) is 13.6 Å². The third kappa shape index (κ3) is 3.23. The number of rotatable bonds is 2. The van der Waals surface area contributed by atoms with Gasteiger partial charge in [-0.25, -0.2) is 22.0 Å². The number of hydrogen-bond donors (Lipinski definition) is 1. The minimum absolute atomic E-state index is 0.0525. The van der Waals surface area contributed by atoms with Gasteiger partial charge in [0, 0.05) is 18.7 Å². The van der Waals surface area contributed by atoms with Crippen LogP contribution >= 0.6 is 0 Å². The molecule has 2 fully saturated rings. The fourth-order valence-corrected chi connectivity index (χ4v) is 5.80. The first kappa shape index (κ1) is 18.1. The molecule has 1 atom stereocenters. The van der Waals surface area contributed by atoms with Gasteiger partial charge in [-0.3, -0.25) is 0 Å². The van der Waals surface area contributed by atoms with Crippen molar-refractivity contribution < 1.29 is 22.0 Å². The number of hydrogen-bond acceptors (Lipinski definition) is 3. The van der Waals surface area contributed by atoms with Gasteiger partial charge < -0.3 is 10.2 Å². The first-order valence-electron chi connectivity index (χ1n) is 8.47. The number of nitrogens with one attached hydrogen (secondary N) is 1. The smallest absolute Gasteiger partial charge is 0.317 e. The average Bonchev–Trinajstić information content (AvgIpc) is 2.65. The van der Waals surface area contributed by atoms with E-state index in [1.54, 1.807) is 6.92 Å². The average molecular weight is 372 g/mol. The highest BCUT2D eigenvalue weighted by Gasteiger charge is 2.49. The summed E-state index contributed by atoms with van der Waals surface area (Å²) in [5.41, 5.74) is 0.0613. The number of benzene rings is 1. The monoisotopic (exact) mass is 372 g/mol. The van der Waals surface area contributed by atoms with E-state index in [9.17, 15) is 22.0 Å². The molecule has 25 heavy (non-hydrogen) atoms. The molecule has 1 saturated carbocycles. The zero-order chi connectivity index (χ0) is 18.2. The highest BCUT2D eigenvalue weighted by molar-refractivity contribution is 7.92. The van der Waals surface area contributed by atoms with E-state index in [0.717, 1.165) is 12.5 Å². The van der Waals surface area contributed by atoms with Gasteiger partial charge in [-0.2, -0.15) is 0 Å². The molecule has 1 aromatic rings. The molecule has 138 valence electrons. The highest BCUT2D eigenvalue weighted by Crippen LogP contribution is 2.43. The third-order valence-corrected chi connectivity index (χ3v) is 8.12. The summed E-state index contributed by atoms with van der Waals surface area (Å²) in [6, 6.07) is 2.64. The van der Waals surface area contributed by atoms with Crippen LogP contribution < -0.4 is 5.32 Å². The normalized spacial score (nSPS) is 22.8. The topological polar surface area (TPSA) is 66.5 Å². The Hall–Kier alpha value is -1.70. The SMILES string of the molecule is C[C@@H](NC(=O)N1CCC2(CCC2)S(=O)(=O)CC1)c1cccc(F)c1F. The van der Waals surface area contributed by atoms with Crippen LogP contribution in [0.2, 0.25) is 0 Å². The largest absolute Gasteiger partial charge is 0.331 e. The van der Waals surface area contributed by atoms with E-state index in [4.69, 9.17) is 0 Å². The van der Waals surface area contributed by atoms with Crippen LogP contribution in [0.3, 0.4) is 0 Å². The summed E-state index contributed by atoms with van der Waals surface area (Å²) in [5.74, 6) is -2.00. The standard InChI is InChI=1S/C17H22F2N2O3S/c1-12(13-4-2-5-14(18)15(13)19)20-16(22)21-9-8-17(6-3-7-17)25(23,24)11-10-21/h2,4-5,12H,3,6-11H2,1H3,(H,20,22)/t12-/m1/s1. The lowest BCUT2D eigenvalue weighted by atomic mass is 9.81. The molecule has 0 unspecified atom stereocenters. The second-order valence-electron chi connectivity index (χ2n) is 6.91. The molecule has 1 aromatic carbocycles. The van der Waals surface area contributed by atoms with Gasteiger partial charge >= 0.3 is 6.03 Å². The molecular weight excluding hydrogens is 350 g/mol. The maximum atomic E-state index is 13.8. The van der Waals surface area contributed by atoms with Crippen molar-refractivity contribution >= 4 is 15.9 Å². The Balaban J connectivity index is 1.68. The Labute approximate surface area is 146 Å². The summed E-state index contributed by atoms with van der Waals surface area (Å²) < 4.78 is 51.4. The zero-order valence-electron chi connectivity index (χ0n) is 14.1. The van der Waals surface area contributed by atoms with Crippen LogP contribution in [-0.4, -0.2) is 42.9 Å². The Kier molecular flexibility index (Phi) is 4.74. The first-order chi connectivity index (χ1) is 11.8. The molecule has 3 rings (SSSR count). The molecule has 1 spiro atoms. The van der Waals surface area contributed by atoms with Crippen LogP contribution in [0.15, 0.2) is 18.2 Å². The van der Waals surface area contributed by atoms with Gasteiger partial charge in [0.1, 0.15) is 0 Å². The minimum atomic E-state index is -3.21. The van der Waals surface area contributed by atoms with Crippen molar-refractivity contribution in [2.75, 3.05) is 18.8 Å². The molecule has 1 aliphatic carbocycles.